The topological polar surface area (TPSA) is 47.0 Å². The van der Waals surface area contributed by atoms with Gasteiger partial charge in [-0.3, -0.25) is 9.97 Å². The highest BCUT2D eigenvalue weighted by atomic mass is 16.5. The molecular weight excluding hydrogens is 202 g/mol. The summed E-state index contributed by atoms with van der Waals surface area (Å²) >= 11 is 0. The SMILES string of the molecule is c1cnc(CNCCCOCC2CC2)cn1. The van der Waals surface area contributed by atoms with Crippen LogP contribution in [0.1, 0.15) is 25.0 Å². The van der Waals surface area contributed by atoms with Gasteiger partial charge in [0.1, 0.15) is 0 Å². The molecule has 0 saturated heterocycles. The zero-order valence-electron chi connectivity index (χ0n) is 9.56. The van der Waals surface area contributed by atoms with Crippen LogP contribution >= 0.6 is 0 Å². The first-order chi connectivity index (χ1) is 7.95. The Morgan fingerprint density at radius 2 is 2.31 bits per heavy atom. The van der Waals surface area contributed by atoms with Crippen LogP contribution in [0.4, 0.5) is 0 Å². The van der Waals surface area contributed by atoms with Gasteiger partial charge in [0.05, 0.1) is 5.69 Å². The van der Waals surface area contributed by atoms with Crippen molar-refractivity contribution in [3.05, 3.63) is 24.3 Å². The van der Waals surface area contributed by atoms with Crippen LogP contribution < -0.4 is 5.32 Å². The highest BCUT2D eigenvalue weighted by Gasteiger charge is 2.20. The van der Waals surface area contributed by atoms with E-state index in [-0.39, 0.29) is 0 Å². The Morgan fingerprint density at radius 3 is 3.06 bits per heavy atom. The van der Waals surface area contributed by atoms with Crippen LogP contribution in [-0.4, -0.2) is 29.7 Å². The molecule has 1 aliphatic carbocycles. The molecule has 1 aromatic rings. The molecule has 0 unspecified atom stereocenters. The molecule has 4 heteroatoms. The van der Waals surface area contributed by atoms with Crippen LogP contribution in [0.15, 0.2) is 18.6 Å². The summed E-state index contributed by atoms with van der Waals surface area (Å²) in [6.07, 6.45) is 8.99. The number of ether oxygens (including phenoxy) is 1. The highest BCUT2D eigenvalue weighted by molar-refractivity contribution is 4.93. The Labute approximate surface area is 96.4 Å². The van der Waals surface area contributed by atoms with Gasteiger partial charge in [0.25, 0.3) is 0 Å². The summed E-state index contributed by atoms with van der Waals surface area (Å²) < 4.78 is 5.54. The normalized spacial score (nSPS) is 15.2. The maximum atomic E-state index is 5.54. The van der Waals surface area contributed by atoms with Gasteiger partial charge in [-0.05, 0) is 31.7 Å². The molecule has 1 saturated carbocycles. The Bertz CT molecular complexity index is 288. The minimum atomic E-state index is 0.788. The zero-order valence-corrected chi connectivity index (χ0v) is 9.56. The number of hydrogen-bond acceptors (Lipinski definition) is 4. The van der Waals surface area contributed by atoms with E-state index in [1.807, 2.05) is 0 Å². The Balaban J connectivity index is 1.42. The second-order valence-corrected chi connectivity index (χ2v) is 4.25. The van der Waals surface area contributed by atoms with Crippen molar-refractivity contribution >= 4 is 0 Å². The molecule has 1 heterocycles. The van der Waals surface area contributed by atoms with Gasteiger partial charge in [0.15, 0.2) is 0 Å². The molecule has 0 atom stereocenters. The van der Waals surface area contributed by atoms with Gasteiger partial charge in [0, 0.05) is 38.3 Å². The third-order valence-corrected chi connectivity index (χ3v) is 2.62. The van der Waals surface area contributed by atoms with Crippen LogP contribution in [0.25, 0.3) is 0 Å². The third-order valence-electron chi connectivity index (χ3n) is 2.62. The Hall–Kier alpha value is -1.00. The largest absolute Gasteiger partial charge is 0.381 e. The molecular formula is C12H19N3O. The maximum Gasteiger partial charge on any atom is 0.0724 e. The van der Waals surface area contributed by atoms with E-state index in [1.54, 1.807) is 18.6 Å². The number of rotatable bonds is 8. The lowest BCUT2D eigenvalue weighted by atomic mass is 10.4. The maximum absolute atomic E-state index is 5.54. The van der Waals surface area contributed by atoms with Crippen molar-refractivity contribution in [2.24, 2.45) is 5.92 Å². The fourth-order valence-corrected chi connectivity index (χ4v) is 1.47. The standard InChI is InChI=1S/C12H19N3O/c1(7-16-10-11-2-3-11)4-13-8-12-9-14-5-6-15-12/h5-6,9,11,13H,1-4,7-8,10H2. The number of hydrogen-bond donors (Lipinski definition) is 1. The first-order valence-corrected chi connectivity index (χ1v) is 5.98. The van der Waals surface area contributed by atoms with Crippen LogP contribution in [0, 0.1) is 5.92 Å². The molecule has 1 aliphatic rings. The number of nitrogens with zero attached hydrogens (tertiary/aromatic N) is 2. The van der Waals surface area contributed by atoms with E-state index in [9.17, 15) is 0 Å². The van der Waals surface area contributed by atoms with E-state index in [0.717, 1.165) is 44.3 Å². The summed E-state index contributed by atoms with van der Waals surface area (Å²) in [7, 11) is 0. The summed E-state index contributed by atoms with van der Waals surface area (Å²) in [5, 5.41) is 3.32. The predicted octanol–water partition coefficient (Wildman–Crippen LogP) is 1.38. The average Bonchev–Trinajstić information content (AvgIpc) is 3.13. The quantitative estimate of drug-likeness (QED) is 0.674. The molecule has 0 bridgehead atoms. The summed E-state index contributed by atoms with van der Waals surface area (Å²) in [5.41, 5.74) is 0.987. The molecule has 4 nitrogen and oxygen atoms in total. The molecule has 1 aromatic heterocycles. The summed E-state index contributed by atoms with van der Waals surface area (Å²) in [4.78, 5) is 8.20. The Kier molecular flexibility index (Phi) is 4.70. The average molecular weight is 221 g/mol. The van der Waals surface area contributed by atoms with Crippen molar-refractivity contribution in [2.75, 3.05) is 19.8 Å². The molecule has 0 aliphatic heterocycles. The fourth-order valence-electron chi connectivity index (χ4n) is 1.47. The fraction of sp³-hybridized carbons (Fsp3) is 0.667. The summed E-state index contributed by atoms with van der Waals surface area (Å²) in [5.74, 6) is 0.868. The summed E-state index contributed by atoms with van der Waals surface area (Å²) in [6, 6.07) is 0. The van der Waals surface area contributed by atoms with Crippen molar-refractivity contribution in [3.63, 3.8) is 0 Å². The lowest BCUT2D eigenvalue weighted by Crippen LogP contribution is -2.17. The molecule has 0 aromatic carbocycles. The molecule has 0 spiro atoms. The molecule has 1 fully saturated rings. The van der Waals surface area contributed by atoms with E-state index in [1.165, 1.54) is 12.8 Å². The van der Waals surface area contributed by atoms with Gasteiger partial charge in [0.2, 0.25) is 0 Å². The first kappa shape index (κ1) is 11.5. The smallest absolute Gasteiger partial charge is 0.0724 e. The van der Waals surface area contributed by atoms with Crippen LogP contribution in [0.3, 0.4) is 0 Å². The Morgan fingerprint density at radius 1 is 1.38 bits per heavy atom. The van der Waals surface area contributed by atoms with E-state index in [0.29, 0.717) is 0 Å². The van der Waals surface area contributed by atoms with Crippen molar-refractivity contribution in [2.45, 2.75) is 25.8 Å². The second-order valence-electron chi connectivity index (χ2n) is 4.25. The van der Waals surface area contributed by atoms with Gasteiger partial charge in [-0.1, -0.05) is 0 Å². The molecule has 16 heavy (non-hydrogen) atoms. The van der Waals surface area contributed by atoms with Crippen LogP contribution in [-0.2, 0) is 11.3 Å². The van der Waals surface area contributed by atoms with Gasteiger partial charge < -0.3 is 10.1 Å². The summed E-state index contributed by atoms with van der Waals surface area (Å²) in [6.45, 7) is 3.59. The minimum absolute atomic E-state index is 0.788. The molecule has 0 amide bonds. The van der Waals surface area contributed by atoms with Crippen molar-refractivity contribution in [1.82, 2.24) is 15.3 Å². The van der Waals surface area contributed by atoms with Crippen LogP contribution in [0.5, 0.6) is 0 Å². The molecule has 2 rings (SSSR count). The molecule has 1 N–H and O–H groups in total. The van der Waals surface area contributed by atoms with Crippen molar-refractivity contribution in [3.8, 4) is 0 Å². The van der Waals surface area contributed by atoms with Gasteiger partial charge in [-0.25, -0.2) is 0 Å². The van der Waals surface area contributed by atoms with Crippen molar-refractivity contribution in [1.29, 1.82) is 0 Å². The van der Waals surface area contributed by atoms with E-state index in [4.69, 9.17) is 4.74 Å². The van der Waals surface area contributed by atoms with E-state index in [2.05, 4.69) is 15.3 Å². The number of nitrogens with one attached hydrogen (secondary N) is 1. The molecule has 88 valence electrons. The lowest BCUT2D eigenvalue weighted by molar-refractivity contribution is 0.122. The lowest BCUT2D eigenvalue weighted by Gasteiger charge is -2.04. The third kappa shape index (κ3) is 4.68. The number of aromatic nitrogens is 2. The highest BCUT2D eigenvalue weighted by Crippen LogP contribution is 2.28. The minimum Gasteiger partial charge on any atom is -0.381 e. The van der Waals surface area contributed by atoms with Gasteiger partial charge in [-0.15, -0.1) is 0 Å². The predicted molar refractivity (Wildman–Crippen MR) is 61.9 cm³/mol. The van der Waals surface area contributed by atoms with Gasteiger partial charge in [-0.2, -0.15) is 0 Å². The van der Waals surface area contributed by atoms with Crippen LogP contribution in [0.2, 0.25) is 0 Å². The zero-order chi connectivity index (χ0) is 11.1. The first-order valence-electron chi connectivity index (χ1n) is 5.98. The second kappa shape index (κ2) is 6.55. The monoisotopic (exact) mass is 221 g/mol. The molecule has 0 radical (unpaired) electrons. The van der Waals surface area contributed by atoms with Crippen molar-refractivity contribution < 1.29 is 4.74 Å². The van der Waals surface area contributed by atoms with E-state index >= 15 is 0 Å². The van der Waals surface area contributed by atoms with E-state index < -0.39 is 0 Å². The van der Waals surface area contributed by atoms with Gasteiger partial charge >= 0.3 is 0 Å².